The monoisotopic (exact) mass is 493 g/mol. The van der Waals surface area contributed by atoms with Crippen LogP contribution in [0.4, 0.5) is 14.5 Å². The van der Waals surface area contributed by atoms with Gasteiger partial charge < -0.3 is 19.3 Å². The SMILES string of the molecule is Cc1noc(C)c1-c1ccc2c(c1)nc([C@@H]1CCC(=O)N1c1ccc(F)c(F)c1)n2CCCNC=O. The minimum atomic E-state index is -1.01. The normalized spacial score (nSPS) is 15.7. The lowest BCUT2D eigenvalue weighted by molar-refractivity contribution is -0.117. The molecule has 1 aliphatic rings. The lowest BCUT2D eigenvalue weighted by Crippen LogP contribution is -2.29. The van der Waals surface area contributed by atoms with E-state index in [1.165, 1.54) is 11.0 Å². The van der Waals surface area contributed by atoms with E-state index in [0.29, 0.717) is 49.6 Å². The van der Waals surface area contributed by atoms with Gasteiger partial charge in [0.1, 0.15) is 11.6 Å². The van der Waals surface area contributed by atoms with Crippen LogP contribution in [0.5, 0.6) is 0 Å². The standard InChI is InChI=1S/C26H25F2N5O3/c1-15-25(16(2)36-31-15)17-4-7-22-21(12-17)30-26(32(22)11-3-10-29-14-34)23-8-9-24(35)33(23)18-5-6-19(27)20(28)13-18/h4-7,12-14,23H,3,8-11H2,1-2H3,(H,29,34)/t23-/m0/s1. The van der Waals surface area contributed by atoms with Crippen molar-refractivity contribution in [2.45, 2.75) is 45.7 Å². The van der Waals surface area contributed by atoms with Gasteiger partial charge in [-0.15, -0.1) is 0 Å². The molecule has 1 atom stereocenters. The number of nitrogens with one attached hydrogen (secondary N) is 1. The van der Waals surface area contributed by atoms with Gasteiger partial charge in [-0.3, -0.25) is 9.59 Å². The highest BCUT2D eigenvalue weighted by Crippen LogP contribution is 2.39. The van der Waals surface area contributed by atoms with Crippen molar-refractivity contribution in [3.8, 4) is 11.1 Å². The molecule has 0 spiro atoms. The molecule has 2 amide bonds. The summed E-state index contributed by atoms with van der Waals surface area (Å²) < 4.78 is 35.0. The van der Waals surface area contributed by atoms with Crippen molar-refractivity contribution in [3.63, 3.8) is 0 Å². The zero-order valence-corrected chi connectivity index (χ0v) is 19.9. The predicted molar refractivity (Wildman–Crippen MR) is 129 cm³/mol. The van der Waals surface area contributed by atoms with Crippen LogP contribution in [0, 0.1) is 25.5 Å². The summed E-state index contributed by atoms with van der Waals surface area (Å²) in [5, 5.41) is 6.71. The van der Waals surface area contributed by atoms with E-state index in [-0.39, 0.29) is 12.3 Å². The number of rotatable bonds is 8. The Morgan fingerprint density at radius 1 is 1.17 bits per heavy atom. The van der Waals surface area contributed by atoms with Crippen molar-refractivity contribution >= 4 is 29.0 Å². The lowest BCUT2D eigenvalue weighted by Gasteiger charge is -2.25. The Balaban J connectivity index is 1.60. The zero-order chi connectivity index (χ0) is 25.4. The van der Waals surface area contributed by atoms with E-state index in [2.05, 4.69) is 10.5 Å². The van der Waals surface area contributed by atoms with Gasteiger partial charge in [0.2, 0.25) is 12.3 Å². The van der Waals surface area contributed by atoms with Crippen LogP contribution in [0.3, 0.4) is 0 Å². The molecule has 5 rings (SSSR count). The van der Waals surface area contributed by atoms with E-state index in [1.807, 2.05) is 36.6 Å². The van der Waals surface area contributed by atoms with E-state index in [0.717, 1.165) is 40.0 Å². The summed E-state index contributed by atoms with van der Waals surface area (Å²) in [7, 11) is 0. The first-order valence-corrected chi connectivity index (χ1v) is 11.8. The van der Waals surface area contributed by atoms with Crippen molar-refractivity contribution in [1.82, 2.24) is 20.0 Å². The smallest absolute Gasteiger partial charge is 0.227 e. The minimum absolute atomic E-state index is 0.177. The number of anilines is 1. The number of fused-ring (bicyclic) bond motifs is 1. The van der Waals surface area contributed by atoms with E-state index >= 15 is 0 Å². The molecule has 1 N–H and O–H groups in total. The number of nitrogens with zero attached hydrogens (tertiary/aromatic N) is 4. The fourth-order valence-corrected chi connectivity index (χ4v) is 4.97. The van der Waals surface area contributed by atoms with Crippen LogP contribution in [0.1, 0.15) is 42.6 Å². The second kappa shape index (κ2) is 9.52. The molecular formula is C26H25F2N5O3. The van der Waals surface area contributed by atoms with E-state index in [4.69, 9.17) is 9.51 Å². The molecule has 1 saturated heterocycles. The van der Waals surface area contributed by atoms with Crippen molar-refractivity contribution in [3.05, 3.63) is 65.3 Å². The first kappa shape index (κ1) is 23.7. The van der Waals surface area contributed by atoms with Gasteiger partial charge in [-0.2, -0.15) is 0 Å². The molecule has 0 radical (unpaired) electrons. The largest absolute Gasteiger partial charge is 0.361 e. The summed E-state index contributed by atoms with van der Waals surface area (Å²) in [6, 6.07) is 8.94. The number of hydrogen-bond acceptors (Lipinski definition) is 5. The van der Waals surface area contributed by atoms with Crippen LogP contribution in [-0.4, -0.2) is 33.6 Å². The van der Waals surface area contributed by atoms with E-state index in [9.17, 15) is 18.4 Å². The van der Waals surface area contributed by atoms with Crippen LogP contribution in [0.25, 0.3) is 22.2 Å². The fraction of sp³-hybridized carbons (Fsp3) is 0.308. The van der Waals surface area contributed by atoms with Gasteiger partial charge in [0, 0.05) is 36.8 Å². The molecule has 36 heavy (non-hydrogen) atoms. The summed E-state index contributed by atoms with van der Waals surface area (Å²) in [6.07, 6.45) is 2.06. The molecule has 4 aromatic rings. The number of carbonyl (C=O) groups excluding carboxylic acids is 2. The van der Waals surface area contributed by atoms with Gasteiger partial charge in [-0.1, -0.05) is 11.2 Å². The van der Waals surface area contributed by atoms with Crippen molar-refractivity contribution < 1.29 is 22.9 Å². The Morgan fingerprint density at radius 2 is 2.00 bits per heavy atom. The number of halogens is 2. The Hall–Kier alpha value is -4.08. The van der Waals surface area contributed by atoms with Crippen molar-refractivity contribution in [2.24, 2.45) is 0 Å². The third-order valence-electron chi connectivity index (χ3n) is 6.58. The van der Waals surface area contributed by atoms with Gasteiger partial charge >= 0.3 is 0 Å². The Morgan fingerprint density at radius 3 is 2.72 bits per heavy atom. The van der Waals surface area contributed by atoms with Crippen molar-refractivity contribution in [2.75, 3.05) is 11.4 Å². The molecule has 186 valence electrons. The van der Waals surface area contributed by atoms with Crippen LogP contribution in [0.2, 0.25) is 0 Å². The third-order valence-corrected chi connectivity index (χ3v) is 6.58. The molecule has 8 nitrogen and oxygen atoms in total. The molecule has 0 saturated carbocycles. The van der Waals surface area contributed by atoms with Gasteiger partial charge in [0.05, 0.1) is 22.8 Å². The van der Waals surface area contributed by atoms with Crippen LogP contribution in [-0.2, 0) is 16.1 Å². The highest BCUT2D eigenvalue weighted by molar-refractivity contribution is 5.96. The molecule has 0 bridgehead atoms. The molecule has 2 aromatic heterocycles. The Bertz CT molecular complexity index is 1440. The molecule has 1 fully saturated rings. The van der Waals surface area contributed by atoms with Gasteiger partial charge in [-0.25, -0.2) is 13.8 Å². The van der Waals surface area contributed by atoms with Gasteiger partial charge in [-0.05, 0) is 56.5 Å². The fourth-order valence-electron chi connectivity index (χ4n) is 4.97. The number of hydrogen-bond donors (Lipinski definition) is 1. The highest BCUT2D eigenvalue weighted by Gasteiger charge is 2.37. The third kappa shape index (κ3) is 4.12. The molecule has 0 aliphatic carbocycles. The van der Waals surface area contributed by atoms with Crippen LogP contribution >= 0.6 is 0 Å². The number of benzene rings is 2. The maximum absolute atomic E-state index is 14.0. The lowest BCUT2D eigenvalue weighted by atomic mass is 10.0. The molecule has 1 aliphatic heterocycles. The maximum Gasteiger partial charge on any atom is 0.227 e. The molecule has 10 heteroatoms. The van der Waals surface area contributed by atoms with Gasteiger partial charge in [0.15, 0.2) is 11.6 Å². The summed E-state index contributed by atoms with van der Waals surface area (Å²) in [5.74, 6) is -0.796. The summed E-state index contributed by atoms with van der Waals surface area (Å²) >= 11 is 0. The number of aromatic nitrogens is 3. The molecule has 2 aromatic carbocycles. The zero-order valence-electron chi connectivity index (χ0n) is 19.9. The quantitative estimate of drug-likeness (QED) is 0.286. The minimum Gasteiger partial charge on any atom is -0.361 e. The second-order valence-electron chi connectivity index (χ2n) is 8.87. The second-order valence-corrected chi connectivity index (χ2v) is 8.87. The number of imidazole rings is 1. The van der Waals surface area contributed by atoms with Gasteiger partial charge in [0.25, 0.3) is 0 Å². The van der Waals surface area contributed by atoms with Crippen LogP contribution in [0.15, 0.2) is 40.9 Å². The van der Waals surface area contributed by atoms with Crippen molar-refractivity contribution in [1.29, 1.82) is 0 Å². The number of aryl methyl sites for hydroxylation is 3. The maximum atomic E-state index is 14.0. The van der Waals surface area contributed by atoms with E-state index in [1.54, 1.807) is 0 Å². The average Bonchev–Trinajstić information content (AvgIpc) is 3.52. The molecule has 0 unspecified atom stereocenters. The highest BCUT2D eigenvalue weighted by atomic mass is 19.2. The van der Waals surface area contributed by atoms with E-state index < -0.39 is 17.7 Å². The average molecular weight is 494 g/mol. The first-order valence-electron chi connectivity index (χ1n) is 11.8. The summed E-state index contributed by atoms with van der Waals surface area (Å²) in [5.41, 5.74) is 4.49. The molecular weight excluding hydrogens is 468 g/mol. The number of amides is 2. The number of carbonyl (C=O) groups is 2. The summed E-state index contributed by atoms with van der Waals surface area (Å²) in [4.78, 5) is 30.0. The first-order chi connectivity index (χ1) is 17.4. The Kier molecular flexibility index (Phi) is 6.26. The molecule has 3 heterocycles. The predicted octanol–water partition coefficient (Wildman–Crippen LogP) is 4.59. The summed E-state index contributed by atoms with van der Waals surface area (Å²) in [6.45, 7) is 4.77. The van der Waals surface area contributed by atoms with Crippen LogP contribution < -0.4 is 10.2 Å². The Labute approximate surface area is 205 Å². The topological polar surface area (TPSA) is 93.3 Å².